The van der Waals surface area contributed by atoms with Crippen molar-refractivity contribution in [3.05, 3.63) is 39.8 Å². The molecule has 4 nitrogen and oxygen atoms in total. The van der Waals surface area contributed by atoms with E-state index in [0.717, 1.165) is 5.56 Å². The first-order valence-corrected chi connectivity index (χ1v) is 6.57. The Bertz CT molecular complexity index is 602. The van der Waals surface area contributed by atoms with Crippen LogP contribution in [0.4, 0.5) is 0 Å². The highest BCUT2D eigenvalue weighted by Gasteiger charge is 2.11. The van der Waals surface area contributed by atoms with Crippen LogP contribution in [0.25, 0.3) is 0 Å². The molecule has 1 heterocycles. The van der Waals surface area contributed by atoms with E-state index in [0.29, 0.717) is 11.7 Å². The Morgan fingerprint density at radius 1 is 1.16 bits per heavy atom. The Kier molecular flexibility index (Phi) is 4.22. The van der Waals surface area contributed by atoms with Crippen LogP contribution in [0.15, 0.2) is 18.2 Å². The largest absolute Gasteiger partial charge is 0.436 e. The van der Waals surface area contributed by atoms with Gasteiger partial charge in [-0.25, -0.2) is 0 Å². The van der Waals surface area contributed by atoms with Gasteiger partial charge in [0.15, 0.2) is 0 Å². The minimum Gasteiger partial charge on any atom is -0.436 e. The van der Waals surface area contributed by atoms with Crippen molar-refractivity contribution in [3.8, 4) is 11.6 Å². The third-order valence-corrected chi connectivity index (χ3v) is 3.07. The van der Waals surface area contributed by atoms with Gasteiger partial charge in [0.2, 0.25) is 10.4 Å². The molecule has 0 spiro atoms. The van der Waals surface area contributed by atoms with Crippen molar-refractivity contribution in [2.45, 2.75) is 26.7 Å². The summed E-state index contributed by atoms with van der Waals surface area (Å²) in [6, 6.07) is 6.03. The molecule has 2 rings (SSSR count). The van der Waals surface area contributed by atoms with Crippen molar-refractivity contribution in [1.29, 1.82) is 0 Å². The molecule has 0 saturated carbocycles. The zero-order valence-corrected chi connectivity index (χ0v) is 12.3. The van der Waals surface area contributed by atoms with Gasteiger partial charge >= 0.3 is 0 Å². The normalized spacial score (nSPS) is 10.8. The molecular formula is C13H13Cl2N3O. The lowest BCUT2D eigenvalue weighted by atomic mass is 10.0. The number of halogens is 2. The van der Waals surface area contributed by atoms with Gasteiger partial charge in [-0.2, -0.15) is 4.98 Å². The third-order valence-electron chi connectivity index (χ3n) is 2.68. The van der Waals surface area contributed by atoms with Gasteiger partial charge in [-0.3, -0.25) is 0 Å². The Morgan fingerprint density at radius 2 is 1.89 bits per heavy atom. The summed E-state index contributed by atoms with van der Waals surface area (Å²) in [7, 11) is 0. The fourth-order valence-electron chi connectivity index (χ4n) is 1.54. The molecule has 19 heavy (non-hydrogen) atoms. The Morgan fingerprint density at radius 3 is 2.58 bits per heavy atom. The van der Waals surface area contributed by atoms with Gasteiger partial charge in [-0.15, -0.1) is 10.2 Å². The average Bonchev–Trinajstić information content (AvgIpc) is 2.36. The van der Waals surface area contributed by atoms with E-state index in [9.17, 15) is 0 Å². The van der Waals surface area contributed by atoms with E-state index in [4.69, 9.17) is 27.9 Å². The molecule has 0 bridgehead atoms. The van der Waals surface area contributed by atoms with Crippen LogP contribution in [-0.2, 0) is 0 Å². The molecule has 0 fully saturated rings. The van der Waals surface area contributed by atoms with Gasteiger partial charge < -0.3 is 4.74 Å². The van der Waals surface area contributed by atoms with E-state index in [1.54, 1.807) is 0 Å². The number of aryl methyl sites for hydroxylation is 1. The molecule has 0 unspecified atom stereocenters. The second kappa shape index (κ2) is 5.72. The lowest BCUT2D eigenvalue weighted by Crippen LogP contribution is -1.97. The molecule has 1 aromatic heterocycles. The van der Waals surface area contributed by atoms with E-state index in [2.05, 4.69) is 35.1 Å². The van der Waals surface area contributed by atoms with Crippen molar-refractivity contribution in [3.63, 3.8) is 0 Å². The summed E-state index contributed by atoms with van der Waals surface area (Å²) in [5.74, 6) is 1.25. The number of nitrogens with zero attached hydrogens (tertiary/aromatic N) is 3. The number of hydrogen-bond acceptors (Lipinski definition) is 4. The lowest BCUT2D eigenvalue weighted by Gasteiger charge is -2.12. The molecule has 0 atom stereocenters. The van der Waals surface area contributed by atoms with Crippen molar-refractivity contribution in [2.75, 3.05) is 0 Å². The summed E-state index contributed by atoms with van der Waals surface area (Å²) in [5.41, 5.74) is 2.15. The molecule has 0 aliphatic rings. The number of aromatic nitrogens is 3. The minimum absolute atomic E-state index is 0.00272. The molecule has 0 radical (unpaired) electrons. The van der Waals surface area contributed by atoms with Crippen LogP contribution >= 0.6 is 23.2 Å². The van der Waals surface area contributed by atoms with Crippen molar-refractivity contribution >= 4 is 23.2 Å². The van der Waals surface area contributed by atoms with Crippen LogP contribution in [0.5, 0.6) is 11.6 Å². The average molecular weight is 298 g/mol. The minimum atomic E-state index is -0.00272. The van der Waals surface area contributed by atoms with Crippen molar-refractivity contribution < 1.29 is 4.74 Å². The van der Waals surface area contributed by atoms with Crippen LogP contribution in [-0.4, -0.2) is 15.2 Å². The zero-order chi connectivity index (χ0) is 14.0. The fourth-order valence-corrected chi connectivity index (χ4v) is 1.77. The van der Waals surface area contributed by atoms with Gasteiger partial charge in [0, 0.05) is 0 Å². The van der Waals surface area contributed by atoms with Crippen LogP contribution in [0.3, 0.4) is 0 Å². The number of hydrogen-bond donors (Lipinski definition) is 0. The Labute approximate surface area is 121 Å². The molecule has 0 aliphatic carbocycles. The quantitative estimate of drug-likeness (QED) is 0.842. The van der Waals surface area contributed by atoms with Crippen molar-refractivity contribution in [1.82, 2.24) is 15.2 Å². The fraction of sp³-hybridized carbons (Fsp3) is 0.308. The molecule has 0 aliphatic heterocycles. The van der Waals surface area contributed by atoms with Gasteiger partial charge in [0.1, 0.15) is 5.75 Å². The van der Waals surface area contributed by atoms with E-state index < -0.39 is 0 Å². The van der Waals surface area contributed by atoms with E-state index in [-0.39, 0.29) is 16.3 Å². The van der Waals surface area contributed by atoms with E-state index in [1.807, 2.05) is 19.1 Å². The lowest BCUT2D eigenvalue weighted by molar-refractivity contribution is 0.453. The van der Waals surface area contributed by atoms with Gasteiger partial charge in [-0.1, -0.05) is 37.6 Å². The summed E-state index contributed by atoms with van der Waals surface area (Å²) in [6.07, 6.45) is 0. The SMILES string of the molecule is Cc1ccc(C(C)C)cc1Oc1nc(Cl)nnc1Cl. The van der Waals surface area contributed by atoms with Crippen LogP contribution in [0.1, 0.15) is 30.9 Å². The second-order valence-electron chi connectivity index (χ2n) is 4.46. The first kappa shape index (κ1) is 14.0. The summed E-state index contributed by atoms with van der Waals surface area (Å²) in [4.78, 5) is 3.92. The molecule has 0 N–H and O–H groups in total. The maximum atomic E-state index is 5.88. The smallest absolute Gasteiger partial charge is 0.262 e. The monoisotopic (exact) mass is 297 g/mol. The number of rotatable bonds is 3. The molecule has 1 aromatic carbocycles. The first-order chi connectivity index (χ1) is 8.97. The summed E-state index contributed by atoms with van der Waals surface area (Å²) in [5, 5.41) is 7.28. The molecule has 0 saturated heterocycles. The van der Waals surface area contributed by atoms with Crippen LogP contribution in [0.2, 0.25) is 10.4 Å². The number of benzene rings is 1. The van der Waals surface area contributed by atoms with Gasteiger partial charge in [0.25, 0.3) is 5.88 Å². The Balaban J connectivity index is 2.37. The molecule has 2 aromatic rings. The van der Waals surface area contributed by atoms with Crippen LogP contribution < -0.4 is 4.74 Å². The topological polar surface area (TPSA) is 47.9 Å². The molecular weight excluding hydrogens is 285 g/mol. The van der Waals surface area contributed by atoms with Crippen molar-refractivity contribution in [2.24, 2.45) is 0 Å². The third kappa shape index (κ3) is 3.33. The summed E-state index contributed by atoms with van der Waals surface area (Å²) < 4.78 is 5.68. The summed E-state index contributed by atoms with van der Waals surface area (Å²) in [6.45, 7) is 6.18. The number of ether oxygens (including phenoxy) is 1. The second-order valence-corrected chi connectivity index (χ2v) is 5.15. The highest BCUT2D eigenvalue weighted by molar-refractivity contribution is 6.31. The molecule has 100 valence electrons. The predicted molar refractivity (Wildman–Crippen MR) is 75.2 cm³/mol. The van der Waals surface area contributed by atoms with E-state index >= 15 is 0 Å². The Hall–Kier alpha value is -1.39. The maximum absolute atomic E-state index is 5.88. The van der Waals surface area contributed by atoms with E-state index in [1.165, 1.54) is 5.56 Å². The standard InChI is InChI=1S/C13H13Cl2N3O/c1-7(2)9-5-4-8(3)10(6-9)19-12-11(14)17-18-13(15)16-12/h4-7H,1-3H3. The van der Waals surface area contributed by atoms with Gasteiger partial charge in [0.05, 0.1) is 0 Å². The summed E-state index contributed by atoms with van der Waals surface area (Å²) >= 11 is 11.6. The first-order valence-electron chi connectivity index (χ1n) is 5.81. The zero-order valence-electron chi connectivity index (χ0n) is 10.8. The highest BCUT2D eigenvalue weighted by atomic mass is 35.5. The molecule has 6 heteroatoms. The van der Waals surface area contributed by atoms with Gasteiger partial charge in [-0.05, 0) is 41.6 Å². The predicted octanol–water partition coefficient (Wildman–Crippen LogP) is 4.40. The highest BCUT2D eigenvalue weighted by Crippen LogP contribution is 2.30. The molecule has 0 amide bonds. The van der Waals surface area contributed by atoms with Crippen LogP contribution in [0, 0.1) is 6.92 Å². The maximum Gasteiger partial charge on any atom is 0.262 e.